The molecular weight excluding hydrogens is 338 g/mol. The highest BCUT2D eigenvalue weighted by Gasteiger charge is 2.21. The molecule has 0 aliphatic carbocycles. The van der Waals surface area contributed by atoms with Crippen molar-refractivity contribution in [2.75, 3.05) is 5.32 Å². The molecule has 2 rings (SSSR count). The van der Waals surface area contributed by atoms with Crippen molar-refractivity contribution < 1.29 is 0 Å². The van der Waals surface area contributed by atoms with E-state index in [1.165, 1.54) is 5.56 Å². The summed E-state index contributed by atoms with van der Waals surface area (Å²) in [6, 6.07) is 5.86. The zero-order valence-electron chi connectivity index (χ0n) is 12.2. The van der Waals surface area contributed by atoms with Crippen LogP contribution in [0.4, 0.5) is 5.69 Å². The van der Waals surface area contributed by atoms with E-state index in [9.17, 15) is 0 Å². The van der Waals surface area contributed by atoms with Crippen LogP contribution in [0.15, 0.2) is 28.9 Å². The molecule has 0 spiro atoms. The molecule has 0 radical (unpaired) electrons. The van der Waals surface area contributed by atoms with Crippen LogP contribution in [-0.4, -0.2) is 9.78 Å². The Morgan fingerprint density at radius 1 is 1.35 bits per heavy atom. The van der Waals surface area contributed by atoms with Gasteiger partial charge in [-0.25, -0.2) is 0 Å². The number of halogens is 2. The molecule has 0 fully saturated rings. The normalized spacial score (nSPS) is 11.7. The van der Waals surface area contributed by atoms with E-state index < -0.39 is 0 Å². The first kappa shape index (κ1) is 15.4. The Morgan fingerprint density at radius 2 is 2.05 bits per heavy atom. The molecule has 0 aliphatic rings. The molecule has 108 valence electrons. The Bertz CT molecular complexity index is 614. The maximum Gasteiger partial charge on any atom is 0.0727 e. The predicted octanol–water partition coefficient (Wildman–Crippen LogP) is 4.75. The van der Waals surface area contributed by atoms with Crippen molar-refractivity contribution in [1.82, 2.24) is 9.78 Å². The number of hydrogen-bond acceptors (Lipinski definition) is 2. The molecule has 0 aliphatic heterocycles. The van der Waals surface area contributed by atoms with Crippen LogP contribution in [0.1, 0.15) is 32.0 Å². The Balaban J connectivity index is 2.17. The van der Waals surface area contributed by atoms with Crippen LogP contribution in [0.5, 0.6) is 0 Å². The van der Waals surface area contributed by atoms with Crippen molar-refractivity contribution in [3.8, 4) is 0 Å². The third kappa shape index (κ3) is 3.55. The second-order valence-corrected chi connectivity index (χ2v) is 7.17. The number of nitrogens with one attached hydrogen (secondary N) is 1. The lowest BCUT2D eigenvalue weighted by Crippen LogP contribution is -2.16. The Labute approximate surface area is 133 Å². The highest BCUT2D eigenvalue weighted by Crippen LogP contribution is 2.27. The summed E-state index contributed by atoms with van der Waals surface area (Å²) < 4.78 is 2.77. The SMILES string of the molecule is Cn1cc(CNc2ccc(Br)c(Cl)c2)c(C(C)(C)C)n1. The number of hydrogen-bond donors (Lipinski definition) is 1. The molecule has 1 heterocycles. The number of aromatic nitrogens is 2. The molecule has 1 aromatic carbocycles. The van der Waals surface area contributed by atoms with Gasteiger partial charge in [0.05, 0.1) is 10.7 Å². The molecule has 1 N–H and O–H groups in total. The minimum absolute atomic E-state index is 0.0373. The van der Waals surface area contributed by atoms with Gasteiger partial charge in [-0.3, -0.25) is 4.68 Å². The fourth-order valence-corrected chi connectivity index (χ4v) is 2.53. The summed E-state index contributed by atoms with van der Waals surface area (Å²) in [4.78, 5) is 0. The first-order valence-corrected chi connectivity index (χ1v) is 7.66. The van der Waals surface area contributed by atoms with Crippen LogP contribution < -0.4 is 5.32 Å². The summed E-state index contributed by atoms with van der Waals surface area (Å²) in [5, 5.41) is 8.67. The van der Waals surface area contributed by atoms with Gasteiger partial charge in [-0.2, -0.15) is 5.10 Å². The fourth-order valence-electron chi connectivity index (χ4n) is 2.10. The van der Waals surface area contributed by atoms with E-state index in [1.54, 1.807) is 0 Å². The molecule has 1 aromatic heterocycles. The molecule has 0 saturated heterocycles. The third-order valence-corrected chi connectivity index (χ3v) is 4.25. The molecule has 0 unspecified atom stereocenters. The summed E-state index contributed by atoms with van der Waals surface area (Å²) in [6.45, 7) is 7.26. The first-order chi connectivity index (χ1) is 9.27. The topological polar surface area (TPSA) is 29.9 Å². The molecule has 0 bridgehead atoms. The largest absolute Gasteiger partial charge is 0.381 e. The molecule has 5 heteroatoms. The lowest BCUT2D eigenvalue weighted by molar-refractivity contribution is 0.549. The average molecular weight is 357 g/mol. The summed E-state index contributed by atoms with van der Waals surface area (Å²) in [5.41, 5.74) is 3.37. The number of rotatable bonds is 3. The van der Waals surface area contributed by atoms with Gasteiger partial charge >= 0.3 is 0 Å². The van der Waals surface area contributed by atoms with Crippen molar-refractivity contribution >= 4 is 33.2 Å². The van der Waals surface area contributed by atoms with Crippen LogP contribution in [-0.2, 0) is 19.0 Å². The number of benzene rings is 1. The maximum atomic E-state index is 6.10. The van der Waals surface area contributed by atoms with Gasteiger partial charge in [0.25, 0.3) is 0 Å². The fraction of sp³-hybridized carbons (Fsp3) is 0.400. The number of nitrogens with zero attached hydrogens (tertiary/aromatic N) is 2. The Hall–Kier alpha value is -1.00. The van der Waals surface area contributed by atoms with Crippen molar-refractivity contribution in [1.29, 1.82) is 0 Å². The summed E-state index contributed by atoms with van der Waals surface area (Å²) in [6.07, 6.45) is 2.06. The van der Waals surface area contributed by atoms with E-state index in [-0.39, 0.29) is 5.41 Å². The van der Waals surface area contributed by atoms with Crippen molar-refractivity contribution in [3.63, 3.8) is 0 Å². The molecule has 0 saturated carbocycles. The maximum absolute atomic E-state index is 6.10. The van der Waals surface area contributed by atoms with E-state index in [2.05, 4.69) is 53.3 Å². The van der Waals surface area contributed by atoms with Crippen molar-refractivity contribution in [3.05, 3.63) is 45.1 Å². The van der Waals surface area contributed by atoms with E-state index >= 15 is 0 Å². The Morgan fingerprint density at radius 3 is 2.65 bits per heavy atom. The quantitative estimate of drug-likeness (QED) is 0.860. The lowest BCUT2D eigenvalue weighted by Gasteiger charge is -2.18. The van der Waals surface area contributed by atoms with Gasteiger partial charge in [-0.15, -0.1) is 0 Å². The standard InChI is InChI=1S/C15H19BrClN3/c1-15(2,3)14-10(9-20(4)19-14)8-18-11-5-6-12(16)13(17)7-11/h5-7,9,18H,8H2,1-4H3. The first-order valence-electron chi connectivity index (χ1n) is 6.49. The zero-order chi connectivity index (χ0) is 14.9. The second-order valence-electron chi connectivity index (χ2n) is 5.91. The van der Waals surface area contributed by atoms with Crippen LogP contribution in [0, 0.1) is 0 Å². The second kappa shape index (κ2) is 5.78. The van der Waals surface area contributed by atoms with Gasteiger partial charge in [-0.1, -0.05) is 32.4 Å². The van der Waals surface area contributed by atoms with E-state index in [0.717, 1.165) is 22.4 Å². The van der Waals surface area contributed by atoms with Crippen LogP contribution in [0.3, 0.4) is 0 Å². The molecule has 2 aromatic rings. The highest BCUT2D eigenvalue weighted by atomic mass is 79.9. The summed E-state index contributed by atoms with van der Waals surface area (Å²) in [5.74, 6) is 0. The van der Waals surface area contributed by atoms with Gasteiger partial charge in [-0.05, 0) is 34.1 Å². The van der Waals surface area contributed by atoms with Gasteiger partial charge < -0.3 is 5.32 Å². The summed E-state index contributed by atoms with van der Waals surface area (Å²) >= 11 is 9.49. The lowest BCUT2D eigenvalue weighted by atomic mass is 9.89. The summed E-state index contributed by atoms with van der Waals surface area (Å²) in [7, 11) is 1.95. The minimum atomic E-state index is 0.0373. The minimum Gasteiger partial charge on any atom is -0.381 e. The van der Waals surface area contributed by atoms with Gasteiger partial charge in [0, 0.05) is 40.9 Å². The number of anilines is 1. The van der Waals surface area contributed by atoms with Crippen molar-refractivity contribution in [2.24, 2.45) is 7.05 Å². The molecule has 20 heavy (non-hydrogen) atoms. The predicted molar refractivity (Wildman–Crippen MR) is 88.4 cm³/mol. The van der Waals surface area contributed by atoms with Gasteiger partial charge in [0.2, 0.25) is 0 Å². The number of aryl methyl sites for hydroxylation is 1. The molecular formula is C15H19BrClN3. The zero-order valence-corrected chi connectivity index (χ0v) is 14.5. The van der Waals surface area contributed by atoms with Crippen LogP contribution >= 0.6 is 27.5 Å². The monoisotopic (exact) mass is 355 g/mol. The van der Waals surface area contributed by atoms with Crippen molar-refractivity contribution in [2.45, 2.75) is 32.7 Å². The third-order valence-electron chi connectivity index (χ3n) is 3.02. The van der Waals surface area contributed by atoms with Gasteiger partial charge in [0.15, 0.2) is 0 Å². The van der Waals surface area contributed by atoms with E-state index in [0.29, 0.717) is 5.02 Å². The molecule has 3 nitrogen and oxygen atoms in total. The van der Waals surface area contributed by atoms with Crippen LogP contribution in [0.25, 0.3) is 0 Å². The van der Waals surface area contributed by atoms with E-state index in [4.69, 9.17) is 11.6 Å². The molecule has 0 amide bonds. The van der Waals surface area contributed by atoms with Crippen LogP contribution in [0.2, 0.25) is 5.02 Å². The highest BCUT2D eigenvalue weighted by molar-refractivity contribution is 9.10. The van der Waals surface area contributed by atoms with E-state index in [1.807, 2.05) is 29.9 Å². The average Bonchev–Trinajstić information content (AvgIpc) is 2.72. The Kier molecular flexibility index (Phi) is 4.45. The smallest absolute Gasteiger partial charge is 0.0727 e. The van der Waals surface area contributed by atoms with Gasteiger partial charge in [0.1, 0.15) is 0 Å². The molecule has 0 atom stereocenters.